The molecule has 5 heteroatoms. The van der Waals surface area contributed by atoms with Crippen LogP contribution in [0.1, 0.15) is 76.4 Å². The number of methoxy groups -OCH3 is 1. The number of amides is 1. The van der Waals surface area contributed by atoms with Gasteiger partial charge in [-0.2, -0.15) is 0 Å². The molecule has 0 aliphatic heterocycles. The summed E-state index contributed by atoms with van der Waals surface area (Å²) in [7, 11) is 1.60. The average molecular weight is 402 g/mol. The topological polar surface area (TPSA) is 59.8 Å². The molecule has 1 amide bonds. The van der Waals surface area contributed by atoms with Crippen LogP contribution in [0.4, 0.5) is 0 Å². The first-order valence-corrected chi connectivity index (χ1v) is 10.6. The molecule has 0 aliphatic rings. The van der Waals surface area contributed by atoms with Gasteiger partial charge in [-0.05, 0) is 31.0 Å². The summed E-state index contributed by atoms with van der Waals surface area (Å²) in [5.74, 6) is 0.917. The highest BCUT2D eigenvalue weighted by molar-refractivity contribution is 6.04. The maximum atomic E-state index is 13.2. The lowest BCUT2D eigenvalue weighted by molar-refractivity contribution is -0.130. The van der Waals surface area contributed by atoms with Crippen LogP contribution in [-0.2, 0) is 11.2 Å². The molecule has 29 heavy (non-hydrogen) atoms. The molecule has 0 unspecified atom stereocenters. The van der Waals surface area contributed by atoms with Crippen molar-refractivity contribution in [3.63, 3.8) is 0 Å². The van der Waals surface area contributed by atoms with E-state index in [9.17, 15) is 9.59 Å². The molecule has 1 aromatic carbocycles. The van der Waals surface area contributed by atoms with Crippen molar-refractivity contribution in [1.29, 1.82) is 0 Å². The molecule has 160 valence electrons. The van der Waals surface area contributed by atoms with Crippen molar-refractivity contribution < 1.29 is 18.7 Å². The highest BCUT2D eigenvalue weighted by atomic mass is 16.5. The minimum absolute atomic E-state index is 0.0420. The van der Waals surface area contributed by atoms with Gasteiger partial charge in [0.15, 0.2) is 5.76 Å². The van der Waals surface area contributed by atoms with Gasteiger partial charge in [0.2, 0.25) is 11.7 Å². The van der Waals surface area contributed by atoms with Crippen LogP contribution < -0.4 is 4.74 Å². The average Bonchev–Trinajstić information content (AvgIpc) is 3.03. The van der Waals surface area contributed by atoms with Crippen molar-refractivity contribution in [1.82, 2.24) is 4.90 Å². The third kappa shape index (κ3) is 5.62. The molecule has 0 aliphatic carbocycles. The van der Waals surface area contributed by atoms with Crippen molar-refractivity contribution in [2.45, 2.75) is 66.7 Å². The number of carbonyl (C=O) groups is 2. The number of benzene rings is 1. The number of ketones is 1. The second kappa shape index (κ2) is 9.95. The highest BCUT2D eigenvalue weighted by Gasteiger charge is 2.31. The van der Waals surface area contributed by atoms with Crippen molar-refractivity contribution in [2.75, 3.05) is 20.2 Å². The molecule has 1 aromatic heterocycles. The monoisotopic (exact) mass is 401 g/mol. The number of Topliss-reactive ketones (excluding diaryl/α,β-unsaturated/α-hetero) is 1. The first-order valence-electron chi connectivity index (χ1n) is 10.6. The second-order valence-corrected chi connectivity index (χ2v) is 8.62. The summed E-state index contributed by atoms with van der Waals surface area (Å²) in [6.07, 6.45) is 4.18. The molecular weight excluding hydrogens is 366 g/mol. The Morgan fingerprint density at radius 1 is 1.07 bits per heavy atom. The Balaban J connectivity index is 2.47. The standard InChI is InChI=1S/C24H35NO4/c1-7-9-13-25(14-10-8-2)21(26)16-19-18-15-17(28-6)11-12-20(18)29-22(19)23(27)24(3,4)5/h11-12,15H,7-10,13-14,16H2,1-6H3. The maximum absolute atomic E-state index is 13.2. The lowest BCUT2D eigenvalue weighted by Gasteiger charge is -2.23. The Bertz CT molecular complexity index is 836. The number of nitrogens with zero attached hydrogens (tertiary/aromatic N) is 1. The zero-order valence-electron chi connectivity index (χ0n) is 18.8. The lowest BCUT2D eigenvalue weighted by atomic mass is 9.87. The van der Waals surface area contributed by atoms with E-state index in [1.54, 1.807) is 19.2 Å². The lowest BCUT2D eigenvalue weighted by Crippen LogP contribution is -2.34. The molecule has 1 heterocycles. The Labute approximate surface area is 174 Å². The van der Waals surface area contributed by atoms with Crippen molar-refractivity contribution in [2.24, 2.45) is 5.41 Å². The number of furan rings is 1. The maximum Gasteiger partial charge on any atom is 0.227 e. The van der Waals surface area contributed by atoms with Gasteiger partial charge in [0.1, 0.15) is 11.3 Å². The molecule has 0 saturated heterocycles. The fraction of sp³-hybridized carbons (Fsp3) is 0.583. The summed E-state index contributed by atoms with van der Waals surface area (Å²) >= 11 is 0. The normalized spacial score (nSPS) is 11.7. The number of fused-ring (bicyclic) bond motifs is 1. The van der Waals surface area contributed by atoms with Crippen LogP contribution in [0.25, 0.3) is 11.0 Å². The summed E-state index contributed by atoms with van der Waals surface area (Å²) < 4.78 is 11.3. The van der Waals surface area contributed by atoms with Gasteiger partial charge in [0.25, 0.3) is 0 Å². The molecule has 2 rings (SSSR count). The van der Waals surface area contributed by atoms with Gasteiger partial charge >= 0.3 is 0 Å². The number of carbonyl (C=O) groups excluding carboxylic acids is 2. The summed E-state index contributed by atoms with van der Waals surface area (Å²) in [6.45, 7) is 11.3. The quantitative estimate of drug-likeness (QED) is 0.483. The SMILES string of the molecule is CCCCN(CCCC)C(=O)Cc1c(C(=O)C(C)(C)C)oc2ccc(OC)cc12. The molecule has 0 radical (unpaired) electrons. The Hall–Kier alpha value is -2.30. The first-order chi connectivity index (χ1) is 13.7. The fourth-order valence-electron chi connectivity index (χ4n) is 3.28. The predicted molar refractivity (Wildman–Crippen MR) is 117 cm³/mol. The van der Waals surface area contributed by atoms with E-state index in [1.165, 1.54) is 0 Å². The van der Waals surface area contributed by atoms with Crippen LogP contribution in [0, 0.1) is 5.41 Å². The van der Waals surface area contributed by atoms with Crippen LogP contribution in [0.2, 0.25) is 0 Å². The molecular formula is C24H35NO4. The van der Waals surface area contributed by atoms with Gasteiger partial charge < -0.3 is 14.1 Å². The van der Waals surface area contributed by atoms with Crippen LogP contribution in [0.5, 0.6) is 5.75 Å². The van der Waals surface area contributed by atoms with Crippen molar-refractivity contribution in [3.05, 3.63) is 29.5 Å². The summed E-state index contributed by atoms with van der Waals surface area (Å²) in [5.41, 5.74) is 0.677. The number of unbranched alkanes of at least 4 members (excludes halogenated alkanes) is 2. The van der Waals surface area contributed by atoms with Gasteiger partial charge in [-0.3, -0.25) is 9.59 Å². The van der Waals surface area contributed by atoms with E-state index in [4.69, 9.17) is 9.15 Å². The highest BCUT2D eigenvalue weighted by Crippen LogP contribution is 2.34. The van der Waals surface area contributed by atoms with Crippen molar-refractivity contribution in [3.8, 4) is 5.75 Å². The van der Waals surface area contributed by atoms with E-state index in [-0.39, 0.29) is 18.1 Å². The van der Waals surface area contributed by atoms with Gasteiger partial charge in [0.05, 0.1) is 13.5 Å². The van der Waals surface area contributed by atoms with Crippen LogP contribution in [-0.4, -0.2) is 36.8 Å². The molecule has 0 saturated carbocycles. The Morgan fingerprint density at radius 2 is 1.69 bits per heavy atom. The molecule has 0 bridgehead atoms. The molecule has 2 aromatic rings. The summed E-state index contributed by atoms with van der Waals surface area (Å²) in [4.78, 5) is 28.2. The van der Waals surface area contributed by atoms with Gasteiger partial charge in [-0.15, -0.1) is 0 Å². The van der Waals surface area contributed by atoms with Gasteiger partial charge in [-0.25, -0.2) is 0 Å². The number of hydrogen-bond donors (Lipinski definition) is 0. The zero-order chi connectivity index (χ0) is 21.6. The van der Waals surface area contributed by atoms with E-state index in [1.807, 2.05) is 31.7 Å². The predicted octanol–water partition coefficient (Wildman–Crippen LogP) is 5.64. The third-order valence-electron chi connectivity index (χ3n) is 5.13. The number of rotatable bonds is 10. The van der Waals surface area contributed by atoms with E-state index >= 15 is 0 Å². The van der Waals surface area contributed by atoms with E-state index in [2.05, 4.69) is 13.8 Å². The fourth-order valence-corrected chi connectivity index (χ4v) is 3.28. The van der Waals surface area contributed by atoms with E-state index in [0.29, 0.717) is 22.7 Å². The van der Waals surface area contributed by atoms with Crippen LogP contribution in [0.15, 0.2) is 22.6 Å². The minimum atomic E-state index is -0.597. The summed E-state index contributed by atoms with van der Waals surface area (Å²) in [6, 6.07) is 5.45. The first kappa shape index (κ1) is 23.0. The van der Waals surface area contributed by atoms with E-state index < -0.39 is 5.41 Å². The zero-order valence-corrected chi connectivity index (χ0v) is 18.8. The van der Waals surface area contributed by atoms with Crippen LogP contribution in [0.3, 0.4) is 0 Å². The minimum Gasteiger partial charge on any atom is -0.497 e. The molecule has 0 atom stereocenters. The second-order valence-electron chi connectivity index (χ2n) is 8.62. The summed E-state index contributed by atoms with van der Waals surface area (Å²) in [5, 5.41) is 0.774. The number of hydrogen-bond acceptors (Lipinski definition) is 4. The molecule has 5 nitrogen and oxygen atoms in total. The Kier molecular flexibility index (Phi) is 7.88. The number of ether oxygens (including phenoxy) is 1. The molecule has 0 fully saturated rings. The largest absolute Gasteiger partial charge is 0.497 e. The van der Waals surface area contributed by atoms with Gasteiger partial charge in [-0.1, -0.05) is 47.5 Å². The smallest absolute Gasteiger partial charge is 0.227 e. The van der Waals surface area contributed by atoms with Crippen LogP contribution >= 0.6 is 0 Å². The van der Waals surface area contributed by atoms with Crippen molar-refractivity contribution >= 4 is 22.7 Å². The molecule has 0 spiro atoms. The Morgan fingerprint density at radius 3 is 2.21 bits per heavy atom. The van der Waals surface area contributed by atoms with Gasteiger partial charge in [0, 0.05) is 29.5 Å². The molecule has 0 N–H and O–H groups in total. The third-order valence-corrected chi connectivity index (χ3v) is 5.13. The van der Waals surface area contributed by atoms with E-state index in [0.717, 1.165) is 44.2 Å².